The molecule has 0 bridgehead atoms. The van der Waals surface area contributed by atoms with Gasteiger partial charge in [0.05, 0.1) is 0 Å². The van der Waals surface area contributed by atoms with Gasteiger partial charge in [0.1, 0.15) is 0 Å². The van der Waals surface area contributed by atoms with Crippen molar-refractivity contribution < 1.29 is 26.1 Å². The molecule has 0 aliphatic rings. The van der Waals surface area contributed by atoms with Crippen LogP contribution in [0.25, 0.3) is 0 Å². The van der Waals surface area contributed by atoms with E-state index in [1.165, 1.54) is 10.4 Å². The molecule has 0 fully saturated rings. The zero-order chi connectivity index (χ0) is 4.12. The molecular formula is C4H7Hg. The second-order valence-corrected chi connectivity index (χ2v) is 3.68. The van der Waals surface area contributed by atoms with Gasteiger partial charge in [-0.15, -0.1) is 0 Å². The molecule has 0 amide bonds. The van der Waals surface area contributed by atoms with Gasteiger partial charge in [0.2, 0.25) is 0 Å². The molecule has 25 valence electrons. The predicted molar refractivity (Wildman–Crippen MR) is 19.6 cm³/mol. The van der Waals surface area contributed by atoms with Gasteiger partial charge in [-0.1, -0.05) is 0 Å². The third kappa shape index (κ3) is 4.68. The van der Waals surface area contributed by atoms with Crippen molar-refractivity contribution in [1.29, 1.82) is 0 Å². The van der Waals surface area contributed by atoms with Crippen LogP contribution in [0.3, 0.4) is 0 Å². The van der Waals surface area contributed by atoms with Crippen LogP contribution in [0.4, 0.5) is 0 Å². The molecule has 0 rings (SSSR count). The van der Waals surface area contributed by atoms with Crippen molar-refractivity contribution in [2.75, 3.05) is 0 Å². The van der Waals surface area contributed by atoms with Crippen LogP contribution in [0.15, 0.2) is 12.7 Å². The Morgan fingerprint density at radius 1 is 1.80 bits per heavy atom. The van der Waals surface area contributed by atoms with Crippen molar-refractivity contribution in [1.82, 2.24) is 0 Å². The summed E-state index contributed by atoms with van der Waals surface area (Å²) in [4.78, 5) is 0. The van der Waals surface area contributed by atoms with E-state index in [9.17, 15) is 0 Å². The molecule has 0 nitrogen and oxygen atoms in total. The van der Waals surface area contributed by atoms with Gasteiger partial charge in [-0.3, -0.25) is 0 Å². The number of rotatable bonds is 2. The molecule has 0 N–H and O–H groups in total. The molecule has 0 unspecified atom stereocenters. The minimum atomic E-state index is 1.00. The Hall–Kier alpha value is 0.675. The van der Waals surface area contributed by atoms with Crippen LogP contribution in [0.5, 0.6) is 0 Å². The van der Waals surface area contributed by atoms with E-state index in [2.05, 4.69) is 6.58 Å². The minimum absolute atomic E-state index is 1.00. The summed E-state index contributed by atoms with van der Waals surface area (Å²) in [6.07, 6.45) is 3.22. The summed E-state index contributed by atoms with van der Waals surface area (Å²) in [6.45, 7) is 3.58. The first-order chi connectivity index (χ1) is 2.41. The normalized spacial score (nSPS) is 7.60. The number of hydrogen-bond acceptors (Lipinski definition) is 0. The molecule has 0 aliphatic heterocycles. The third-order valence-electron chi connectivity index (χ3n) is 0.408. The summed E-state index contributed by atoms with van der Waals surface area (Å²) in [6, 6.07) is 0. The maximum absolute atomic E-state index is 3.58. The van der Waals surface area contributed by atoms with Crippen molar-refractivity contribution in [3.63, 3.8) is 0 Å². The van der Waals surface area contributed by atoms with Gasteiger partial charge in [-0.25, -0.2) is 0 Å². The molecule has 0 aromatic carbocycles. The monoisotopic (exact) mass is 257 g/mol. The Balaban J connectivity index is 2.40. The molecule has 0 saturated heterocycles. The summed E-state index contributed by atoms with van der Waals surface area (Å²) in [7, 11) is 0. The van der Waals surface area contributed by atoms with Gasteiger partial charge in [0.15, 0.2) is 0 Å². The molecule has 0 spiro atoms. The first-order valence-electron chi connectivity index (χ1n) is 1.82. The fourth-order valence-corrected chi connectivity index (χ4v) is 1.27. The molecule has 0 aromatic heterocycles. The predicted octanol–water partition coefficient (Wildman–Crippen LogP) is 1.53. The average molecular weight is 256 g/mol. The van der Waals surface area contributed by atoms with E-state index in [-0.39, 0.29) is 0 Å². The Bertz CT molecular complexity index is 24.8. The molecule has 0 aliphatic carbocycles. The maximum atomic E-state index is 3.58. The summed E-state index contributed by atoms with van der Waals surface area (Å²) in [5.74, 6) is 0. The van der Waals surface area contributed by atoms with E-state index >= 15 is 0 Å². The van der Waals surface area contributed by atoms with E-state index in [0.29, 0.717) is 0 Å². The topological polar surface area (TPSA) is 0 Å². The van der Waals surface area contributed by atoms with Gasteiger partial charge in [-0.05, 0) is 0 Å². The fourth-order valence-electron chi connectivity index (χ4n) is 0.144. The van der Waals surface area contributed by atoms with Crippen LogP contribution in [0, 0.1) is 0 Å². The fraction of sp³-hybridized carbons (Fsp3) is 0.500. The summed E-state index contributed by atoms with van der Waals surface area (Å²) in [5, 5.41) is 0. The molecule has 5 heavy (non-hydrogen) atoms. The van der Waals surface area contributed by atoms with E-state index in [0.717, 1.165) is 26.1 Å². The molecular weight excluding hydrogens is 249 g/mol. The van der Waals surface area contributed by atoms with E-state index in [1.807, 2.05) is 6.08 Å². The third-order valence-corrected chi connectivity index (χ3v) is 2.00. The molecule has 1 heteroatoms. The Labute approximate surface area is 49.2 Å². The van der Waals surface area contributed by atoms with E-state index in [4.69, 9.17) is 0 Å². The van der Waals surface area contributed by atoms with Gasteiger partial charge in [-0.2, -0.15) is 0 Å². The Morgan fingerprint density at radius 2 is 2.40 bits per heavy atom. The van der Waals surface area contributed by atoms with Crippen molar-refractivity contribution in [3.05, 3.63) is 12.7 Å². The van der Waals surface area contributed by atoms with Crippen LogP contribution in [0.1, 0.15) is 6.42 Å². The first-order valence-corrected chi connectivity index (χ1v) is 5.70. The van der Waals surface area contributed by atoms with Gasteiger partial charge >= 0.3 is 49.1 Å². The summed E-state index contributed by atoms with van der Waals surface area (Å²) in [5.41, 5.74) is 0. The molecule has 0 radical (unpaired) electrons. The van der Waals surface area contributed by atoms with Crippen molar-refractivity contribution in [2.45, 2.75) is 10.4 Å². The SMILES string of the molecule is C=CC[CH2][Hg]. The molecule has 0 saturated carbocycles. The first kappa shape index (κ1) is 5.68. The molecule has 0 atom stereocenters. The zero-order valence-electron chi connectivity index (χ0n) is 3.41. The second-order valence-electron chi connectivity index (χ2n) is 0.931. The molecule has 0 heterocycles. The summed E-state index contributed by atoms with van der Waals surface area (Å²) >= 11 is 1.00. The van der Waals surface area contributed by atoms with Crippen LogP contribution >= 0.6 is 0 Å². The van der Waals surface area contributed by atoms with E-state index < -0.39 is 0 Å². The van der Waals surface area contributed by atoms with Crippen LogP contribution in [0.2, 0.25) is 3.93 Å². The number of allylic oxidation sites excluding steroid dienone is 1. The Kier molecular flexibility index (Phi) is 5.31. The van der Waals surface area contributed by atoms with Gasteiger partial charge in [0.25, 0.3) is 0 Å². The van der Waals surface area contributed by atoms with Gasteiger partial charge in [0, 0.05) is 0 Å². The van der Waals surface area contributed by atoms with Crippen molar-refractivity contribution in [2.24, 2.45) is 0 Å². The van der Waals surface area contributed by atoms with Crippen molar-refractivity contribution >= 4 is 0 Å². The van der Waals surface area contributed by atoms with Crippen LogP contribution in [-0.4, -0.2) is 0 Å². The second kappa shape index (κ2) is 4.68. The Morgan fingerprint density at radius 3 is 2.40 bits per heavy atom. The standard InChI is InChI=1S/C4H7.Hg/c1-3-4-2;/h3H,1-2,4H2;. The van der Waals surface area contributed by atoms with Crippen LogP contribution < -0.4 is 0 Å². The summed E-state index contributed by atoms with van der Waals surface area (Å²) < 4.78 is 1.42. The van der Waals surface area contributed by atoms with Gasteiger partial charge < -0.3 is 0 Å². The number of hydrogen-bond donors (Lipinski definition) is 0. The van der Waals surface area contributed by atoms with Crippen molar-refractivity contribution in [3.8, 4) is 0 Å². The quantitative estimate of drug-likeness (QED) is 0.519. The van der Waals surface area contributed by atoms with Crippen LogP contribution in [-0.2, 0) is 26.1 Å². The average Bonchev–Trinajstić information content (AvgIpc) is 1.41. The molecule has 0 aromatic rings. The van der Waals surface area contributed by atoms with E-state index in [1.54, 1.807) is 0 Å². The zero-order valence-corrected chi connectivity index (χ0v) is 8.90.